The molecule has 1 unspecified atom stereocenters. The molecule has 1 heterocycles. The van der Waals surface area contributed by atoms with Gasteiger partial charge in [0, 0.05) is 5.57 Å². The lowest BCUT2D eigenvalue weighted by atomic mass is 9.97. The molecule has 0 N–H and O–H groups in total. The molecule has 3 rings (SSSR count). The van der Waals surface area contributed by atoms with Crippen molar-refractivity contribution in [3.05, 3.63) is 41.2 Å². The third kappa shape index (κ3) is 1.19. The van der Waals surface area contributed by atoms with E-state index in [1.165, 1.54) is 18.2 Å². The number of hydrogen-bond donors (Lipinski definition) is 0. The molecule has 0 spiro atoms. The Balaban J connectivity index is 2.15. The highest BCUT2D eigenvalue weighted by Gasteiger charge is 2.34. The topological polar surface area (TPSA) is 26.3 Å². The van der Waals surface area contributed by atoms with Crippen LogP contribution in [0.1, 0.15) is 23.2 Å². The number of hydrogen-bond acceptors (Lipinski definition) is 2. The summed E-state index contributed by atoms with van der Waals surface area (Å²) in [5.74, 6) is 0.0199. The quantitative estimate of drug-likeness (QED) is 0.649. The van der Waals surface area contributed by atoms with Crippen molar-refractivity contribution in [2.45, 2.75) is 18.9 Å². The lowest BCUT2D eigenvalue weighted by Gasteiger charge is -2.24. The zero-order chi connectivity index (χ0) is 10.4. The van der Waals surface area contributed by atoms with Gasteiger partial charge in [0.1, 0.15) is 17.7 Å². The van der Waals surface area contributed by atoms with Gasteiger partial charge in [-0.25, -0.2) is 4.39 Å². The predicted molar refractivity (Wildman–Crippen MR) is 52.5 cm³/mol. The fourth-order valence-corrected chi connectivity index (χ4v) is 2.13. The summed E-state index contributed by atoms with van der Waals surface area (Å²) in [4.78, 5) is 11.9. The SMILES string of the molecule is O=C1C2=CCCC2Oc2ccc(F)cc21. The highest BCUT2D eigenvalue weighted by molar-refractivity contribution is 6.12. The van der Waals surface area contributed by atoms with Crippen LogP contribution in [-0.2, 0) is 0 Å². The largest absolute Gasteiger partial charge is 0.485 e. The lowest BCUT2D eigenvalue weighted by Crippen LogP contribution is -2.27. The number of ether oxygens (including phenoxy) is 1. The summed E-state index contributed by atoms with van der Waals surface area (Å²) in [7, 11) is 0. The first-order chi connectivity index (χ1) is 7.25. The predicted octanol–water partition coefficient (Wildman–Crippen LogP) is 2.49. The van der Waals surface area contributed by atoms with Gasteiger partial charge in [-0.05, 0) is 31.0 Å². The number of carbonyl (C=O) groups is 1. The van der Waals surface area contributed by atoms with Crippen LogP contribution in [0.15, 0.2) is 29.8 Å². The van der Waals surface area contributed by atoms with E-state index in [-0.39, 0.29) is 11.9 Å². The lowest BCUT2D eigenvalue weighted by molar-refractivity contribution is 0.0966. The fraction of sp³-hybridized carbons (Fsp3) is 0.250. The van der Waals surface area contributed by atoms with E-state index in [1.807, 2.05) is 6.08 Å². The van der Waals surface area contributed by atoms with Crippen LogP contribution in [0.25, 0.3) is 0 Å². The molecule has 0 saturated heterocycles. The van der Waals surface area contributed by atoms with Gasteiger partial charge in [0.2, 0.25) is 0 Å². The molecule has 0 aromatic heterocycles. The molecule has 1 aliphatic carbocycles. The normalized spacial score (nSPS) is 22.9. The molecule has 15 heavy (non-hydrogen) atoms. The first-order valence-electron chi connectivity index (χ1n) is 4.96. The van der Waals surface area contributed by atoms with Gasteiger partial charge >= 0.3 is 0 Å². The fourth-order valence-electron chi connectivity index (χ4n) is 2.13. The number of allylic oxidation sites excluding steroid dienone is 1. The number of halogens is 1. The molecule has 1 aromatic carbocycles. The van der Waals surface area contributed by atoms with Crippen molar-refractivity contribution in [1.29, 1.82) is 0 Å². The molecule has 1 aromatic rings. The highest BCUT2D eigenvalue weighted by atomic mass is 19.1. The summed E-state index contributed by atoms with van der Waals surface area (Å²) >= 11 is 0. The molecule has 1 atom stereocenters. The van der Waals surface area contributed by atoms with Crippen molar-refractivity contribution in [3.63, 3.8) is 0 Å². The summed E-state index contributed by atoms with van der Waals surface area (Å²) < 4.78 is 18.6. The van der Waals surface area contributed by atoms with Gasteiger partial charge < -0.3 is 4.74 Å². The van der Waals surface area contributed by atoms with Gasteiger partial charge in [0.05, 0.1) is 5.56 Å². The molecule has 3 heteroatoms. The summed E-state index contributed by atoms with van der Waals surface area (Å²) in [5.41, 5.74) is 1.03. The van der Waals surface area contributed by atoms with E-state index in [4.69, 9.17) is 4.74 Å². The smallest absolute Gasteiger partial charge is 0.196 e. The molecule has 0 amide bonds. The zero-order valence-corrected chi connectivity index (χ0v) is 8.00. The Hall–Kier alpha value is -1.64. The summed E-state index contributed by atoms with van der Waals surface area (Å²) in [6, 6.07) is 4.08. The Labute approximate surface area is 86.4 Å². The van der Waals surface area contributed by atoms with Crippen LogP contribution >= 0.6 is 0 Å². The molecule has 76 valence electrons. The van der Waals surface area contributed by atoms with Crippen LogP contribution in [0.5, 0.6) is 5.75 Å². The second kappa shape index (κ2) is 2.92. The van der Waals surface area contributed by atoms with Crippen LogP contribution in [0, 0.1) is 5.82 Å². The van der Waals surface area contributed by atoms with Crippen LogP contribution in [0.3, 0.4) is 0 Å². The van der Waals surface area contributed by atoms with Gasteiger partial charge in [0.15, 0.2) is 5.78 Å². The molecular formula is C12H9FO2. The number of carbonyl (C=O) groups excluding carboxylic acids is 1. The van der Waals surface area contributed by atoms with E-state index in [0.717, 1.165) is 12.8 Å². The molecule has 1 aliphatic heterocycles. The Morgan fingerprint density at radius 1 is 1.40 bits per heavy atom. The number of benzene rings is 1. The maximum absolute atomic E-state index is 13.0. The Morgan fingerprint density at radius 3 is 3.13 bits per heavy atom. The summed E-state index contributed by atoms with van der Waals surface area (Å²) in [5, 5.41) is 0. The van der Waals surface area contributed by atoms with Crippen LogP contribution in [-0.4, -0.2) is 11.9 Å². The van der Waals surface area contributed by atoms with Crippen LogP contribution < -0.4 is 4.74 Å². The molecular weight excluding hydrogens is 195 g/mol. The third-order valence-corrected chi connectivity index (χ3v) is 2.86. The minimum absolute atomic E-state index is 0.0850. The van der Waals surface area contributed by atoms with Crippen molar-refractivity contribution in [2.75, 3.05) is 0 Å². The van der Waals surface area contributed by atoms with Gasteiger partial charge in [0.25, 0.3) is 0 Å². The van der Waals surface area contributed by atoms with Crippen LogP contribution in [0.4, 0.5) is 4.39 Å². The molecule has 0 fully saturated rings. The van der Waals surface area contributed by atoms with Crippen molar-refractivity contribution in [1.82, 2.24) is 0 Å². The minimum Gasteiger partial charge on any atom is -0.485 e. The minimum atomic E-state index is -0.400. The number of Topliss-reactive ketones (excluding diaryl/α,β-unsaturated/α-hetero) is 1. The maximum Gasteiger partial charge on any atom is 0.196 e. The Bertz CT molecular complexity index is 477. The molecule has 2 nitrogen and oxygen atoms in total. The monoisotopic (exact) mass is 204 g/mol. The maximum atomic E-state index is 13.0. The molecule has 2 aliphatic rings. The molecule has 0 bridgehead atoms. The van der Waals surface area contributed by atoms with E-state index in [0.29, 0.717) is 16.9 Å². The highest BCUT2D eigenvalue weighted by Crippen LogP contribution is 2.35. The number of rotatable bonds is 0. The number of ketones is 1. The van der Waals surface area contributed by atoms with Crippen molar-refractivity contribution in [2.24, 2.45) is 0 Å². The standard InChI is InChI=1S/C12H9FO2/c13-7-4-5-11-9(6-7)12(14)8-2-1-3-10(8)15-11/h2,4-6,10H,1,3H2. The third-order valence-electron chi connectivity index (χ3n) is 2.86. The Morgan fingerprint density at radius 2 is 2.27 bits per heavy atom. The van der Waals surface area contributed by atoms with Gasteiger partial charge in [-0.15, -0.1) is 0 Å². The first-order valence-corrected chi connectivity index (χ1v) is 4.96. The van der Waals surface area contributed by atoms with E-state index in [9.17, 15) is 9.18 Å². The summed E-state index contributed by atoms with van der Waals surface area (Å²) in [6.45, 7) is 0. The van der Waals surface area contributed by atoms with E-state index < -0.39 is 5.82 Å². The summed E-state index contributed by atoms with van der Waals surface area (Å²) in [6.07, 6.45) is 3.48. The van der Waals surface area contributed by atoms with E-state index in [2.05, 4.69) is 0 Å². The molecule has 0 saturated carbocycles. The number of fused-ring (bicyclic) bond motifs is 2. The van der Waals surface area contributed by atoms with Gasteiger partial charge in [-0.1, -0.05) is 6.08 Å². The zero-order valence-electron chi connectivity index (χ0n) is 8.00. The van der Waals surface area contributed by atoms with Crippen molar-refractivity contribution >= 4 is 5.78 Å². The van der Waals surface area contributed by atoms with Crippen LogP contribution in [0.2, 0.25) is 0 Å². The van der Waals surface area contributed by atoms with Gasteiger partial charge in [-0.2, -0.15) is 0 Å². The van der Waals surface area contributed by atoms with E-state index in [1.54, 1.807) is 0 Å². The second-order valence-corrected chi connectivity index (χ2v) is 3.81. The second-order valence-electron chi connectivity index (χ2n) is 3.81. The van der Waals surface area contributed by atoms with Crippen molar-refractivity contribution in [3.8, 4) is 5.75 Å². The van der Waals surface area contributed by atoms with E-state index >= 15 is 0 Å². The van der Waals surface area contributed by atoms with Gasteiger partial charge in [-0.3, -0.25) is 4.79 Å². The first kappa shape index (κ1) is 8.65. The Kier molecular flexibility index (Phi) is 1.69. The van der Waals surface area contributed by atoms with Crippen molar-refractivity contribution < 1.29 is 13.9 Å². The average Bonchev–Trinajstić information content (AvgIpc) is 2.68. The average molecular weight is 204 g/mol. The molecule has 0 radical (unpaired) electrons.